The van der Waals surface area contributed by atoms with Crippen molar-refractivity contribution in [3.63, 3.8) is 0 Å². The molecule has 3 aromatic rings. The third kappa shape index (κ3) is 2.96. The van der Waals surface area contributed by atoms with Crippen LogP contribution in [-0.2, 0) is 10.0 Å². The van der Waals surface area contributed by atoms with Gasteiger partial charge in [-0.2, -0.15) is 0 Å². The summed E-state index contributed by atoms with van der Waals surface area (Å²) in [5, 5.41) is 5.32. The van der Waals surface area contributed by atoms with E-state index in [-0.39, 0.29) is 4.90 Å². The minimum atomic E-state index is -3.88. The van der Waals surface area contributed by atoms with E-state index in [9.17, 15) is 8.42 Å². The van der Waals surface area contributed by atoms with Crippen molar-refractivity contribution >= 4 is 10.0 Å². The first kappa shape index (κ1) is 15.3. The minimum absolute atomic E-state index is 0.0180. The lowest BCUT2D eigenvalue weighted by Crippen LogP contribution is -2.13. The quantitative estimate of drug-likeness (QED) is 0.793. The molecular formula is C16H14N2O4S. The van der Waals surface area contributed by atoms with Crippen LogP contribution in [0.3, 0.4) is 0 Å². The number of nitrogens with two attached hydrogens (primary N) is 1. The molecular weight excluding hydrogens is 316 g/mol. The Morgan fingerprint density at radius 1 is 1.13 bits per heavy atom. The van der Waals surface area contributed by atoms with Crippen molar-refractivity contribution in [1.82, 2.24) is 4.98 Å². The van der Waals surface area contributed by atoms with Crippen LogP contribution in [0.25, 0.3) is 22.3 Å². The number of hydrogen-bond donors (Lipinski definition) is 1. The van der Waals surface area contributed by atoms with Gasteiger partial charge in [0.05, 0.1) is 24.5 Å². The Morgan fingerprint density at radius 2 is 1.91 bits per heavy atom. The summed E-state index contributed by atoms with van der Waals surface area (Å²) < 4.78 is 34.0. The number of rotatable bonds is 4. The number of methoxy groups -OCH3 is 1. The van der Waals surface area contributed by atoms with Crippen molar-refractivity contribution < 1.29 is 17.6 Å². The second-order valence-corrected chi connectivity index (χ2v) is 6.36. The zero-order valence-electron chi connectivity index (χ0n) is 12.3. The second-order valence-electron chi connectivity index (χ2n) is 4.83. The van der Waals surface area contributed by atoms with Gasteiger partial charge in [-0.25, -0.2) is 18.5 Å². The van der Waals surface area contributed by atoms with Crippen LogP contribution in [-0.4, -0.2) is 20.5 Å². The lowest BCUT2D eigenvalue weighted by Gasteiger charge is -2.12. The number of pyridine rings is 1. The van der Waals surface area contributed by atoms with Crippen molar-refractivity contribution in [2.24, 2.45) is 5.14 Å². The molecule has 0 aliphatic heterocycles. The van der Waals surface area contributed by atoms with Crippen LogP contribution in [0.1, 0.15) is 0 Å². The van der Waals surface area contributed by atoms with E-state index in [1.807, 2.05) is 0 Å². The summed E-state index contributed by atoms with van der Waals surface area (Å²) in [6.07, 6.45) is 4.77. The van der Waals surface area contributed by atoms with Crippen LogP contribution >= 0.6 is 0 Å². The highest BCUT2D eigenvalue weighted by atomic mass is 32.2. The van der Waals surface area contributed by atoms with Crippen LogP contribution in [0.5, 0.6) is 5.88 Å². The van der Waals surface area contributed by atoms with Gasteiger partial charge < -0.3 is 9.15 Å². The maximum absolute atomic E-state index is 11.8. The fourth-order valence-electron chi connectivity index (χ4n) is 2.33. The number of primary sulfonamides is 1. The van der Waals surface area contributed by atoms with E-state index in [0.717, 1.165) is 11.1 Å². The number of nitrogens with zero attached hydrogens (tertiary/aromatic N) is 1. The monoisotopic (exact) mass is 330 g/mol. The van der Waals surface area contributed by atoms with Gasteiger partial charge in [-0.15, -0.1) is 0 Å². The smallest absolute Gasteiger partial charge is 0.238 e. The SMILES string of the molecule is COc1ncc(-c2ccoc2)cc1-c1ccccc1S(N)(=O)=O. The number of benzene rings is 1. The normalized spacial score (nSPS) is 11.4. The lowest BCUT2D eigenvalue weighted by molar-refractivity contribution is 0.399. The Balaban J connectivity index is 2.26. The maximum atomic E-state index is 11.8. The molecule has 0 amide bonds. The number of aromatic nitrogens is 1. The molecule has 1 aromatic carbocycles. The molecule has 7 heteroatoms. The largest absolute Gasteiger partial charge is 0.481 e. The highest BCUT2D eigenvalue weighted by molar-refractivity contribution is 7.89. The highest BCUT2D eigenvalue weighted by Gasteiger charge is 2.19. The summed E-state index contributed by atoms with van der Waals surface area (Å²) in [6.45, 7) is 0. The standard InChI is InChI=1S/C16H14N2O4S/c1-21-16-14(8-12(9-18-16)11-6-7-22-10-11)13-4-2-3-5-15(13)23(17,19)20/h2-10H,1H3,(H2,17,19,20). The van der Waals surface area contributed by atoms with Gasteiger partial charge >= 0.3 is 0 Å². The Kier molecular flexibility index (Phi) is 3.89. The van der Waals surface area contributed by atoms with Crippen molar-refractivity contribution in [3.05, 3.63) is 55.1 Å². The molecule has 0 unspecified atom stereocenters. The average Bonchev–Trinajstić information content (AvgIpc) is 3.08. The van der Waals surface area contributed by atoms with E-state index in [1.54, 1.807) is 49.1 Å². The van der Waals surface area contributed by atoms with E-state index < -0.39 is 10.0 Å². The van der Waals surface area contributed by atoms with Crippen LogP contribution in [0.2, 0.25) is 0 Å². The van der Waals surface area contributed by atoms with E-state index in [1.165, 1.54) is 13.2 Å². The van der Waals surface area contributed by atoms with Gasteiger partial charge in [-0.1, -0.05) is 18.2 Å². The number of sulfonamides is 1. The van der Waals surface area contributed by atoms with E-state index in [4.69, 9.17) is 14.3 Å². The summed E-state index contributed by atoms with van der Waals surface area (Å²) in [7, 11) is -2.40. The van der Waals surface area contributed by atoms with E-state index in [2.05, 4.69) is 4.98 Å². The summed E-state index contributed by atoms with van der Waals surface area (Å²) in [4.78, 5) is 4.27. The third-order valence-electron chi connectivity index (χ3n) is 3.38. The zero-order valence-corrected chi connectivity index (χ0v) is 13.1. The van der Waals surface area contributed by atoms with Crippen LogP contribution < -0.4 is 9.88 Å². The van der Waals surface area contributed by atoms with Gasteiger partial charge in [0.25, 0.3) is 0 Å². The molecule has 6 nitrogen and oxygen atoms in total. The van der Waals surface area contributed by atoms with Crippen LogP contribution in [0.4, 0.5) is 0 Å². The highest BCUT2D eigenvalue weighted by Crippen LogP contribution is 2.35. The number of furan rings is 1. The molecule has 3 rings (SSSR count). The fourth-order valence-corrected chi connectivity index (χ4v) is 3.08. The molecule has 0 aliphatic rings. The third-order valence-corrected chi connectivity index (χ3v) is 4.35. The average molecular weight is 330 g/mol. The van der Waals surface area contributed by atoms with Crippen LogP contribution in [0, 0.1) is 0 Å². The molecule has 0 atom stereocenters. The maximum Gasteiger partial charge on any atom is 0.238 e. The lowest BCUT2D eigenvalue weighted by atomic mass is 10.0. The molecule has 0 fully saturated rings. The Hall–Kier alpha value is -2.64. The second kappa shape index (κ2) is 5.86. The molecule has 0 saturated carbocycles. The fraction of sp³-hybridized carbons (Fsp3) is 0.0625. The van der Waals surface area contributed by atoms with Gasteiger partial charge in [0.2, 0.25) is 15.9 Å². The van der Waals surface area contributed by atoms with Crippen molar-refractivity contribution in [3.8, 4) is 28.1 Å². The Labute approximate surface area is 133 Å². The molecule has 118 valence electrons. The minimum Gasteiger partial charge on any atom is -0.481 e. The molecule has 2 N–H and O–H groups in total. The molecule has 2 aromatic heterocycles. The summed E-state index contributed by atoms with van der Waals surface area (Å²) in [5.74, 6) is 0.313. The summed E-state index contributed by atoms with van der Waals surface area (Å²) in [5.41, 5.74) is 2.58. The molecule has 0 aliphatic carbocycles. The molecule has 0 spiro atoms. The predicted molar refractivity (Wildman–Crippen MR) is 85.3 cm³/mol. The van der Waals surface area contributed by atoms with Crippen molar-refractivity contribution in [1.29, 1.82) is 0 Å². The number of hydrogen-bond acceptors (Lipinski definition) is 5. The summed E-state index contributed by atoms with van der Waals surface area (Å²) >= 11 is 0. The molecule has 0 bridgehead atoms. The van der Waals surface area contributed by atoms with E-state index >= 15 is 0 Å². The molecule has 0 saturated heterocycles. The van der Waals surface area contributed by atoms with Gasteiger partial charge in [-0.3, -0.25) is 0 Å². The van der Waals surface area contributed by atoms with Gasteiger partial charge in [0, 0.05) is 28.5 Å². The predicted octanol–water partition coefficient (Wildman–Crippen LogP) is 2.66. The Morgan fingerprint density at radius 3 is 2.57 bits per heavy atom. The van der Waals surface area contributed by atoms with Crippen molar-refractivity contribution in [2.45, 2.75) is 4.90 Å². The first-order valence-corrected chi connectivity index (χ1v) is 8.24. The molecule has 0 radical (unpaired) electrons. The summed E-state index contributed by atoms with van der Waals surface area (Å²) in [6, 6.07) is 10.0. The first-order chi connectivity index (χ1) is 11.0. The zero-order chi connectivity index (χ0) is 16.4. The van der Waals surface area contributed by atoms with Gasteiger partial charge in [-0.05, 0) is 18.2 Å². The Bertz CT molecular complexity index is 934. The first-order valence-electron chi connectivity index (χ1n) is 6.69. The molecule has 2 heterocycles. The number of ether oxygens (including phenoxy) is 1. The van der Waals surface area contributed by atoms with Crippen molar-refractivity contribution in [2.75, 3.05) is 7.11 Å². The topological polar surface area (TPSA) is 95.4 Å². The van der Waals surface area contributed by atoms with Crippen LogP contribution in [0.15, 0.2) is 64.4 Å². The van der Waals surface area contributed by atoms with E-state index in [0.29, 0.717) is 17.0 Å². The van der Waals surface area contributed by atoms with Gasteiger partial charge in [0.1, 0.15) is 0 Å². The van der Waals surface area contributed by atoms with Gasteiger partial charge in [0.15, 0.2) is 0 Å². The molecule has 23 heavy (non-hydrogen) atoms.